The van der Waals surface area contributed by atoms with Crippen molar-refractivity contribution in [2.24, 2.45) is 5.92 Å². The normalized spacial score (nSPS) is 21.4. The number of anilines is 1. The quantitative estimate of drug-likeness (QED) is 0.808. The van der Waals surface area contributed by atoms with Crippen LogP contribution in [-0.2, 0) is 6.54 Å². The van der Waals surface area contributed by atoms with Gasteiger partial charge >= 0.3 is 0 Å². The predicted molar refractivity (Wildman–Crippen MR) is 114 cm³/mol. The highest BCUT2D eigenvalue weighted by Crippen LogP contribution is 2.25. The minimum absolute atomic E-state index is 0.143. The Morgan fingerprint density at radius 2 is 1.79 bits per heavy atom. The van der Waals surface area contributed by atoms with E-state index in [0.29, 0.717) is 6.04 Å². The van der Waals surface area contributed by atoms with Gasteiger partial charge in [0, 0.05) is 37.9 Å². The largest absolute Gasteiger partial charge is 0.371 e. The molecule has 0 aliphatic carbocycles. The van der Waals surface area contributed by atoms with E-state index in [9.17, 15) is 4.39 Å². The van der Waals surface area contributed by atoms with Gasteiger partial charge in [-0.1, -0.05) is 30.3 Å². The lowest BCUT2D eigenvalue weighted by molar-refractivity contribution is 0.307. The Labute approximate surface area is 168 Å². The first-order chi connectivity index (χ1) is 13.7. The minimum Gasteiger partial charge on any atom is -0.371 e. The molecule has 3 nitrogen and oxygen atoms in total. The van der Waals surface area contributed by atoms with Gasteiger partial charge in [-0.25, -0.2) is 4.39 Å². The summed E-state index contributed by atoms with van der Waals surface area (Å²) in [5, 5.41) is 3.83. The van der Waals surface area contributed by atoms with Crippen LogP contribution in [0.25, 0.3) is 0 Å². The zero-order valence-electron chi connectivity index (χ0n) is 16.9. The van der Waals surface area contributed by atoms with Crippen LogP contribution in [0.3, 0.4) is 0 Å². The number of hydrogen-bond donors (Lipinski definition) is 1. The Kier molecular flexibility index (Phi) is 6.28. The van der Waals surface area contributed by atoms with Crippen molar-refractivity contribution in [2.75, 3.05) is 37.6 Å². The zero-order chi connectivity index (χ0) is 19.3. The molecule has 28 heavy (non-hydrogen) atoms. The van der Waals surface area contributed by atoms with Crippen molar-refractivity contribution < 1.29 is 4.39 Å². The van der Waals surface area contributed by atoms with E-state index in [1.807, 2.05) is 13.0 Å². The summed E-state index contributed by atoms with van der Waals surface area (Å²) in [5.41, 5.74) is 3.64. The molecule has 2 fully saturated rings. The van der Waals surface area contributed by atoms with Gasteiger partial charge in [-0.05, 0) is 74.5 Å². The molecule has 0 aromatic heterocycles. The van der Waals surface area contributed by atoms with Gasteiger partial charge in [0.25, 0.3) is 0 Å². The van der Waals surface area contributed by atoms with Gasteiger partial charge in [-0.15, -0.1) is 0 Å². The van der Waals surface area contributed by atoms with Gasteiger partial charge in [-0.2, -0.15) is 0 Å². The van der Waals surface area contributed by atoms with Crippen LogP contribution in [-0.4, -0.2) is 43.7 Å². The van der Waals surface area contributed by atoms with Gasteiger partial charge in [0.2, 0.25) is 0 Å². The van der Waals surface area contributed by atoms with Crippen LogP contribution in [0.4, 0.5) is 10.1 Å². The number of likely N-dealkylation sites (tertiary alicyclic amines) is 1. The number of hydrogen-bond acceptors (Lipinski definition) is 3. The summed E-state index contributed by atoms with van der Waals surface area (Å²) in [7, 11) is 0. The number of nitrogens with one attached hydrogen (secondary N) is 1. The molecule has 2 heterocycles. The van der Waals surface area contributed by atoms with Crippen LogP contribution in [0.5, 0.6) is 0 Å². The Bertz CT molecular complexity index is 756. The molecule has 2 aromatic carbocycles. The second-order valence-corrected chi connectivity index (χ2v) is 8.48. The average molecular weight is 382 g/mol. The van der Waals surface area contributed by atoms with E-state index < -0.39 is 0 Å². The van der Waals surface area contributed by atoms with Gasteiger partial charge in [-0.3, -0.25) is 4.90 Å². The number of rotatable bonds is 6. The average Bonchev–Trinajstić information content (AvgIpc) is 3.15. The fourth-order valence-corrected chi connectivity index (χ4v) is 4.70. The molecule has 150 valence electrons. The summed E-state index contributed by atoms with van der Waals surface area (Å²) in [6, 6.07) is 16.6. The van der Waals surface area contributed by atoms with Crippen molar-refractivity contribution in [3.05, 3.63) is 65.5 Å². The van der Waals surface area contributed by atoms with Crippen molar-refractivity contribution in [3.8, 4) is 0 Å². The molecule has 1 unspecified atom stereocenters. The van der Waals surface area contributed by atoms with Gasteiger partial charge in [0.05, 0.1) is 0 Å². The number of piperidine rings is 1. The van der Waals surface area contributed by atoms with Gasteiger partial charge in [0.15, 0.2) is 0 Å². The van der Waals surface area contributed by atoms with E-state index in [4.69, 9.17) is 0 Å². The van der Waals surface area contributed by atoms with Gasteiger partial charge in [0.1, 0.15) is 5.82 Å². The van der Waals surface area contributed by atoms with E-state index in [1.165, 1.54) is 30.8 Å². The van der Waals surface area contributed by atoms with Crippen LogP contribution >= 0.6 is 0 Å². The summed E-state index contributed by atoms with van der Waals surface area (Å²) in [4.78, 5) is 4.99. The predicted octanol–water partition coefficient (Wildman–Crippen LogP) is 4.21. The number of nitrogens with zero attached hydrogens (tertiary/aromatic N) is 2. The van der Waals surface area contributed by atoms with Crippen molar-refractivity contribution in [1.29, 1.82) is 0 Å². The third kappa shape index (κ3) is 4.92. The lowest BCUT2D eigenvalue weighted by Gasteiger charge is -2.35. The monoisotopic (exact) mass is 381 g/mol. The lowest BCUT2D eigenvalue weighted by atomic mass is 10.0. The smallest absolute Gasteiger partial charge is 0.123 e. The van der Waals surface area contributed by atoms with Crippen LogP contribution < -0.4 is 10.2 Å². The number of aryl methyl sites for hydroxylation is 1. The molecule has 2 aliphatic heterocycles. The molecule has 1 atom stereocenters. The fourth-order valence-electron chi connectivity index (χ4n) is 4.70. The standard InChI is InChI=1S/C24H32FN3/c1-19-15-22(25)7-8-24(19)28-13-10-23(11-14-28)26-16-21-9-12-27(18-21)17-20-5-3-2-4-6-20/h2-8,15,21,23,26H,9-14,16-18H2,1H3. The molecule has 4 heteroatoms. The first kappa shape index (κ1) is 19.4. The van der Waals surface area contributed by atoms with Crippen LogP contribution in [0, 0.1) is 18.7 Å². The highest BCUT2D eigenvalue weighted by molar-refractivity contribution is 5.53. The van der Waals surface area contributed by atoms with Crippen molar-refractivity contribution >= 4 is 5.69 Å². The second kappa shape index (κ2) is 9.06. The molecule has 0 bridgehead atoms. The maximum atomic E-state index is 13.3. The Morgan fingerprint density at radius 3 is 2.54 bits per heavy atom. The first-order valence-corrected chi connectivity index (χ1v) is 10.7. The van der Waals surface area contributed by atoms with E-state index in [0.717, 1.165) is 50.5 Å². The second-order valence-electron chi connectivity index (χ2n) is 8.48. The lowest BCUT2D eigenvalue weighted by Crippen LogP contribution is -2.44. The maximum absolute atomic E-state index is 13.3. The fraction of sp³-hybridized carbons (Fsp3) is 0.500. The van der Waals surface area contributed by atoms with Crippen molar-refractivity contribution in [1.82, 2.24) is 10.2 Å². The van der Waals surface area contributed by atoms with Crippen LogP contribution in [0.2, 0.25) is 0 Å². The molecule has 0 radical (unpaired) electrons. The van der Waals surface area contributed by atoms with Crippen molar-refractivity contribution in [2.45, 2.75) is 38.8 Å². The highest BCUT2D eigenvalue weighted by Gasteiger charge is 2.25. The van der Waals surface area contributed by atoms with E-state index in [2.05, 4.69) is 45.4 Å². The molecule has 2 aromatic rings. The number of benzene rings is 2. The molecular weight excluding hydrogens is 349 g/mol. The Balaban J connectivity index is 1.19. The van der Waals surface area contributed by atoms with E-state index in [1.54, 1.807) is 12.1 Å². The minimum atomic E-state index is -0.143. The van der Waals surface area contributed by atoms with E-state index >= 15 is 0 Å². The molecule has 0 spiro atoms. The Morgan fingerprint density at radius 1 is 1.00 bits per heavy atom. The summed E-state index contributed by atoms with van der Waals surface area (Å²) in [6.45, 7) is 8.73. The summed E-state index contributed by atoms with van der Waals surface area (Å²) in [5.74, 6) is 0.622. The summed E-state index contributed by atoms with van der Waals surface area (Å²) < 4.78 is 13.3. The van der Waals surface area contributed by atoms with Crippen molar-refractivity contribution in [3.63, 3.8) is 0 Å². The first-order valence-electron chi connectivity index (χ1n) is 10.7. The summed E-state index contributed by atoms with van der Waals surface area (Å²) >= 11 is 0. The molecule has 1 N–H and O–H groups in total. The summed E-state index contributed by atoms with van der Waals surface area (Å²) in [6.07, 6.45) is 3.63. The molecule has 4 rings (SSSR count). The Hall–Kier alpha value is -1.91. The molecule has 0 amide bonds. The van der Waals surface area contributed by atoms with Gasteiger partial charge < -0.3 is 10.2 Å². The third-order valence-corrected chi connectivity index (χ3v) is 6.31. The molecule has 2 saturated heterocycles. The molecule has 2 aliphatic rings. The third-order valence-electron chi connectivity index (χ3n) is 6.31. The van der Waals surface area contributed by atoms with Crippen LogP contribution in [0.1, 0.15) is 30.4 Å². The maximum Gasteiger partial charge on any atom is 0.123 e. The molecular formula is C24H32FN3. The topological polar surface area (TPSA) is 18.5 Å². The number of halogens is 1. The van der Waals surface area contributed by atoms with E-state index in [-0.39, 0.29) is 5.82 Å². The van der Waals surface area contributed by atoms with Crippen LogP contribution in [0.15, 0.2) is 48.5 Å². The SMILES string of the molecule is Cc1cc(F)ccc1N1CCC(NCC2CCN(Cc3ccccc3)C2)CC1. The molecule has 0 saturated carbocycles. The zero-order valence-corrected chi connectivity index (χ0v) is 16.9. The highest BCUT2D eigenvalue weighted by atomic mass is 19.1.